The zero-order valence-corrected chi connectivity index (χ0v) is 9.18. The van der Waals surface area contributed by atoms with Crippen LogP contribution in [-0.2, 0) is 0 Å². The Hall–Kier alpha value is -0.610. The van der Waals surface area contributed by atoms with Gasteiger partial charge in [0.25, 0.3) is 0 Å². The highest BCUT2D eigenvalue weighted by molar-refractivity contribution is 9.10. The lowest BCUT2D eigenvalue weighted by molar-refractivity contribution is 0.265. The van der Waals surface area contributed by atoms with Crippen molar-refractivity contribution in [1.82, 2.24) is 0 Å². The van der Waals surface area contributed by atoms with Crippen LogP contribution in [0.25, 0.3) is 0 Å². The van der Waals surface area contributed by atoms with E-state index in [1.54, 1.807) is 12.1 Å². The molecule has 14 heavy (non-hydrogen) atoms. The van der Waals surface area contributed by atoms with Gasteiger partial charge in [0.1, 0.15) is 6.61 Å². The molecular formula is C10H11BrFNO. The molecule has 0 bridgehead atoms. The maximum atomic E-state index is 13.3. The summed E-state index contributed by atoms with van der Waals surface area (Å²) in [7, 11) is 0. The molecule has 0 heterocycles. The van der Waals surface area contributed by atoms with Crippen LogP contribution in [0, 0.1) is 5.82 Å². The summed E-state index contributed by atoms with van der Waals surface area (Å²) in [4.78, 5) is 0. The van der Waals surface area contributed by atoms with Crippen molar-refractivity contribution in [3.05, 3.63) is 28.5 Å². The summed E-state index contributed by atoms with van der Waals surface area (Å²) in [6.45, 7) is 0.381. The van der Waals surface area contributed by atoms with E-state index >= 15 is 0 Å². The monoisotopic (exact) mass is 259 g/mol. The summed E-state index contributed by atoms with van der Waals surface area (Å²) in [6.07, 6.45) is 1.91. The fourth-order valence-electron chi connectivity index (χ4n) is 1.14. The summed E-state index contributed by atoms with van der Waals surface area (Å²) < 4.78 is 19.2. The number of rotatable bonds is 3. The van der Waals surface area contributed by atoms with E-state index < -0.39 is 0 Å². The lowest BCUT2D eigenvalue weighted by atomic mass is 10.3. The third-order valence-electron chi connectivity index (χ3n) is 2.32. The molecule has 0 spiro atoms. The summed E-state index contributed by atoms with van der Waals surface area (Å²) in [5, 5.41) is 0. The lowest BCUT2D eigenvalue weighted by Gasteiger charge is -2.12. The van der Waals surface area contributed by atoms with E-state index in [1.165, 1.54) is 6.07 Å². The summed E-state index contributed by atoms with van der Waals surface area (Å²) in [6, 6.07) is 4.74. The van der Waals surface area contributed by atoms with Crippen molar-refractivity contribution >= 4 is 15.9 Å². The molecular weight excluding hydrogens is 249 g/mol. The van der Waals surface area contributed by atoms with Crippen LogP contribution >= 0.6 is 15.9 Å². The first-order chi connectivity index (χ1) is 6.61. The fraction of sp³-hybridized carbons (Fsp3) is 0.400. The zero-order chi connectivity index (χ0) is 10.2. The molecule has 1 fully saturated rings. The number of para-hydroxylation sites is 1. The van der Waals surface area contributed by atoms with Crippen LogP contribution in [0.5, 0.6) is 5.75 Å². The second-order valence-electron chi connectivity index (χ2n) is 3.70. The summed E-state index contributed by atoms with van der Waals surface area (Å²) >= 11 is 3.23. The largest absolute Gasteiger partial charge is 0.487 e. The Morgan fingerprint density at radius 1 is 1.50 bits per heavy atom. The summed E-state index contributed by atoms with van der Waals surface area (Å²) in [5.41, 5.74) is 5.61. The first kappa shape index (κ1) is 9.93. The van der Waals surface area contributed by atoms with Gasteiger partial charge in [0.2, 0.25) is 0 Å². The van der Waals surface area contributed by atoms with E-state index in [2.05, 4.69) is 15.9 Å². The highest BCUT2D eigenvalue weighted by Crippen LogP contribution is 2.34. The van der Waals surface area contributed by atoms with E-state index in [0.717, 1.165) is 12.8 Å². The van der Waals surface area contributed by atoms with Gasteiger partial charge in [-0.2, -0.15) is 0 Å². The molecule has 1 aromatic carbocycles. The van der Waals surface area contributed by atoms with Crippen molar-refractivity contribution < 1.29 is 9.13 Å². The first-order valence-electron chi connectivity index (χ1n) is 4.46. The number of halogens is 2. The topological polar surface area (TPSA) is 35.2 Å². The molecule has 0 radical (unpaired) electrons. The first-order valence-corrected chi connectivity index (χ1v) is 5.26. The average Bonchev–Trinajstić information content (AvgIpc) is 2.83. The molecule has 0 unspecified atom stereocenters. The molecule has 1 aliphatic carbocycles. The molecule has 1 aliphatic rings. The van der Waals surface area contributed by atoms with Gasteiger partial charge in [-0.3, -0.25) is 0 Å². The number of nitrogens with two attached hydrogens (primary N) is 1. The Balaban J connectivity index is 2.08. The Bertz CT molecular complexity index is 332. The molecule has 1 saturated carbocycles. The highest BCUT2D eigenvalue weighted by Gasteiger charge is 2.39. The minimum absolute atomic E-state index is 0.221. The van der Waals surface area contributed by atoms with Crippen LogP contribution in [-0.4, -0.2) is 12.1 Å². The molecule has 0 saturated heterocycles. The second kappa shape index (κ2) is 3.51. The van der Waals surface area contributed by atoms with E-state index in [9.17, 15) is 4.39 Å². The summed E-state index contributed by atoms with van der Waals surface area (Å²) in [5.74, 6) is -0.104. The molecule has 0 amide bonds. The fourth-order valence-corrected chi connectivity index (χ4v) is 1.60. The van der Waals surface area contributed by atoms with Gasteiger partial charge >= 0.3 is 0 Å². The van der Waals surface area contributed by atoms with Crippen LogP contribution in [0.3, 0.4) is 0 Å². The third kappa shape index (κ3) is 2.07. The van der Waals surface area contributed by atoms with Crippen LogP contribution in [0.1, 0.15) is 12.8 Å². The number of ether oxygens (including phenoxy) is 1. The Labute approximate surface area is 90.4 Å². The molecule has 4 heteroatoms. The predicted octanol–water partition coefficient (Wildman–Crippen LogP) is 2.46. The molecule has 1 aromatic rings. The molecule has 2 rings (SSSR count). The maximum absolute atomic E-state index is 13.3. The van der Waals surface area contributed by atoms with Gasteiger partial charge in [-0.05, 0) is 40.9 Å². The van der Waals surface area contributed by atoms with Gasteiger partial charge in [-0.25, -0.2) is 4.39 Å². The van der Waals surface area contributed by atoms with Gasteiger partial charge in [0.05, 0.1) is 10.0 Å². The van der Waals surface area contributed by atoms with Crippen molar-refractivity contribution in [2.75, 3.05) is 6.61 Å². The van der Waals surface area contributed by atoms with Gasteiger partial charge in [0.15, 0.2) is 11.6 Å². The minimum Gasteiger partial charge on any atom is -0.487 e. The lowest BCUT2D eigenvalue weighted by Crippen LogP contribution is -2.30. The molecule has 76 valence electrons. The smallest absolute Gasteiger partial charge is 0.169 e. The molecule has 0 aliphatic heterocycles. The van der Waals surface area contributed by atoms with Crippen LogP contribution in [0.2, 0.25) is 0 Å². The Morgan fingerprint density at radius 3 is 2.79 bits per heavy atom. The van der Waals surface area contributed by atoms with Gasteiger partial charge in [-0.15, -0.1) is 0 Å². The van der Waals surface area contributed by atoms with Gasteiger partial charge in [-0.1, -0.05) is 6.07 Å². The quantitative estimate of drug-likeness (QED) is 0.906. The minimum atomic E-state index is -0.358. The third-order valence-corrected chi connectivity index (χ3v) is 2.94. The number of benzene rings is 1. The van der Waals surface area contributed by atoms with Crippen LogP contribution in [0.4, 0.5) is 4.39 Å². The molecule has 0 atom stereocenters. The van der Waals surface area contributed by atoms with E-state index in [0.29, 0.717) is 11.1 Å². The number of hydrogen-bond acceptors (Lipinski definition) is 2. The maximum Gasteiger partial charge on any atom is 0.169 e. The molecule has 2 N–H and O–H groups in total. The van der Waals surface area contributed by atoms with E-state index in [1.807, 2.05) is 0 Å². The molecule has 2 nitrogen and oxygen atoms in total. The van der Waals surface area contributed by atoms with Crippen LogP contribution in [0.15, 0.2) is 22.7 Å². The zero-order valence-electron chi connectivity index (χ0n) is 7.59. The SMILES string of the molecule is NC1(COc2c(F)cccc2Br)CC1. The highest BCUT2D eigenvalue weighted by atomic mass is 79.9. The van der Waals surface area contributed by atoms with E-state index in [-0.39, 0.29) is 17.1 Å². The average molecular weight is 260 g/mol. The Morgan fingerprint density at radius 2 is 2.21 bits per heavy atom. The van der Waals surface area contributed by atoms with Crippen molar-refractivity contribution in [1.29, 1.82) is 0 Å². The Kier molecular flexibility index (Phi) is 2.49. The van der Waals surface area contributed by atoms with Gasteiger partial charge < -0.3 is 10.5 Å². The standard InChI is InChI=1S/C10H11BrFNO/c11-7-2-1-3-8(12)9(7)14-6-10(13)4-5-10/h1-3H,4-6,13H2. The van der Waals surface area contributed by atoms with Crippen molar-refractivity contribution in [2.45, 2.75) is 18.4 Å². The van der Waals surface area contributed by atoms with Crippen molar-refractivity contribution in [3.8, 4) is 5.75 Å². The van der Waals surface area contributed by atoms with E-state index in [4.69, 9.17) is 10.5 Å². The second-order valence-corrected chi connectivity index (χ2v) is 4.56. The van der Waals surface area contributed by atoms with Gasteiger partial charge in [0, 0.05) is 0 Å². The predicted molar refractivity (Wildman–Crippen MR) is 55.7 cm³/mol. The van der Waals surface area contributed by atoms with Crippen molar-refractivity contribution in [3.63, 3.8) is 0 Å². The normalized spacial score (nSPS) is 17.9. The van der Waals surface area contributed by atoms with Crippen molar-refractivity contribution in [2.24, 2.45) is 5.73 Å². The van der Waals surface area contributed by atoms with Crippen LogP contribution < -0.4 is 10.5 Å². The number of hydrogen-bond donors (Lipinski definition) is 1. The molecule has 0 aromatic heterocycles.